The van der Waals surface area contributed by atoms with Crippen LogP contribution in [0, 0.1) is 19.8 Å². The van der Waals surface area contributed by atoms with E-state index in [9.17, 15) is 24.3 Å². The second-order valence-electron chi connectivity index (χ2n) is 8.30. The van der Waals surface area contributed by atoms with E-state index in [4.69, 9.17) is 8.83 Å². The molecule has 2 amide bonds. The maximum Gasteiger partial charge on any atom is 0.339 e. The second kappa shape index (κ2) is 9.89. The highest BCUT2D eigenvalue weighted by molar-refractivity contribution is 5.96. The lowest BCUT2D eigenvalue weighted by Gasteiger charge is -2.20. The van der Waals surface area contributed by atoms with E-state index in [2.05, 4.69) is 10.6 Å². The topological polar surface area (TPSA) is 139 Å². The highest BCUT2D eigenvalue weighted by Gasteiger charge is 2.25. The molecule has 9 nitrogen and oxygen atoms in total. The number of rotatable bonds is 9. The Kier molecular flexibility index (Phi) is 7.20. The highest BCUT2D eigenvalue weighted by Crippen LogP contribution is 2.29. The minimum absolute atomic E-state index is 0.0227. The molecule has 0 bridgehead atoms. The quantitative estimate of drug-likeness (QED) is 0.421. The normalized spacial score (nSPS) is 13.1. The number of hydrogen-bond donors (Lipinski definition) is 3. The molecule has 3 aromatic rings. The van der Waals surface area contributed by atoms with E-state index in [-0.39, 0.29) is 25.3 Å². The molecule has 0 aliphatic carbocycles. The number of carboxylic acids is 1. The lowest BCUT2D eigenvalue weighted by atomic mass is 9.99. The van der Waals surface area contributed by atoms with Crippen molar-refractivity contribution in [2.45, 2.75) is 53.0 Å². The number of amides is 2. The Morgan fingerprint density at radius 2 is 1.82 bits per heavy atom. The molecule has 2 heterocycles. The zero-order chi connectivity index (χ0) is 24.3. The largest absolute Gasteiger partial charge is 0.480 e. The van der Waals surface area contributed by atoms with Crippen LogP contribution in [0.5, 0.6) is 0 Å². The molecule has 2 aromatic heterocycles. The van der Waals surface area contributed by atoms with E-state index >= 15 is 0 Å². The molecule has 0 saturated carbocycles. The monoisotopic (exact) mass is 456 g/mol. The van der Waals surface area contributed by atoms with Gasteiger partial charge < -0.3 is 24.6 Å². The molecule has 0 radical (unpaired) electrons. The van der Waals surface area contributed by atoms with Gasteiger partial charge >= 0.3 is 11.6 Å². The van der Waals surface area contributed by atoms with Gasteiger partial charge in [-0.05, 0) is 43.4 Å². The summed E-state index contributed by atoms with van der Waals surface area (Å²) in [6, 6.07) is 2.58. The third kappa shape index (κ3) is 5.24. The van der Waals surface area contributed by atoms with Crippen molar-refractivity contribution >= 4 is 39.7 Å². The van der Waals surface area contributed by atoms with Crippen molar-refractivity contribution < 1.29 is 28.3 Å². The van der Waals surface area contributed by atoms with E-state index < -0.39 is 29.5 Å². The van der Waals surface area contributed by atoms with Crippen molar-refractivity contribution in [3.63, 3.8) is 0 Å². The Hall–Kier alpha value is -3.62. The number of fused-ring (bicyclic) bond motifs is 2. The van der Waals surface area contributed by atoms with Crippen LogP contribution in [0.2, 0.25) is 0 Å². The lowest BCUT2D eigenvalue weighted by molar-refractivity contribution is -0.143. The van der Waals surface area contributed by atoms with Crippen LogP contribution < -0.4 is 16.3 Å². The summed E-state index contributed by atoms with van der Waals surface area (Å²) in [5.74, 6) is -2.38. The number of carbonyl (C=O) groups is 3. The Morgan fingerprint density at radius 1 is 1.09 bits per heavy atom. The molecule has 0 aliphatic heterocycles. The number of nitrogens with one attached hydrogen (secondary N) is 2. The number of aryl methyl sites for hydroxylation is 2. The standard InChI is InChI=1S/C24H28N2O7/c1-5-12(2)22(23(29)30)26-21(28)10-25-20(27)7-6-15-14(4)17-8-16-13(3)11-32-18(16)9-19(17)33-24(15)31/h8-9,11-12,22H,5-7,10H2,1-4H3,(H,25,27)(H,26,28)(H,29,30). The molecule has 2 unspecified atom stereocenters. The van der Waals surface area contributed by atoms with Crippen molar-refractivity contribution in [2.24, 2.45) is 5.92 Å². The van der Waals surface area contributed by atoms with Crippen molar-refractivity contribution in [3.05, 3.63) is 45.5 Å². The number of hydrogen-bond acceptors (Lipinski definition) is 6. The summed E-state index contributed by atoms with van der Waals surface area (Å²) in [6.07, 6.45) is 2.35. The van der Waals surface area contributed by atoms with Gasteiger partial charge in [0.15, 0.2) is 0 Å². The summed E-state index contributed by atoms with van der Waals surface area (Å²) in [5, 5.41) is 15.8. The van der Waals surface area contributed by atoms with Crippen LogP contribution in [0.4, 0.5) is 0 Å². The molecule has 3 N–H and O–H groups in total. The Morgan fingerprint density at radius 3 is 2.48 bits per heavy atom. The fourth-order valence-corrected chi connectivity index (χ4v) is 3.74. The zero-order valence-electron chi connectivity index (χ0n) is 19.1. The molecule has 3 rings (SSSR count). The number of furan rings is 1. The van der Waals surface area contributed by atoms with Crippen LogP contribution in [-0.2, 0) is 20.8 Å². The summed E-state index contributed by atoms with van der Waals surface area (Å²) >= 11 is 0. The molecule has 9 heteroatoms. The summed E-state index contributed by atoms with van der Waals surface area (Å²) < 4.78 is 10.9. The Labute approximate surface area is 190 Å². The van der Waals surface area contributed by atoms with Crippen molar-refractivity contribution in [2.75, 3.05) is 6.54 Å². The summed E-state index contributed by atoms with van der Waals surface area (Å²) in [5.41, 5.74) is 2.61. The third-order valence-electron chi connectivity index (χ3n) is 6.02. The van der Waals surface area contributed by atoms with Crippen molar-refractivity contribution in [1.82, 2.24) is 10.6 Å². The lowest BCUT2D eigenvalue weighted by Crippen LogP contribution is -2.48. The minimum Gasteiger partial charge on any atom is -0.480 e. The maximum absolute atomic E-state index is 12.5. The Balaban J connectivity index is 1.65. The molecule has 1 aromatic carbocycles. The average molecular weight is 456 g/mol. The SMILES string of the molecule is CCC(C)C(NC(=O)CNC(=O)CCc1c(C)c2cc3c(C)coc3cc2oc1=O)C(=O)O. The average Bonchev–Trinajstić information content (AvgIpc) is 3.13. The molecule has 176 valence electrons. The van der Waals surface area contributed by atoms with Gasteiger partial charge in [-0.25, -0.2) is 9.59 Å². The van der Waals surface area contributed by atoms with E-state index in [0.717, 1.165) is 21.9 Å². The van der Waals surface area contributed by atoms with Crippen LogP contribution in [0.3, 0.4) is 0 Å². The number of benzene rings is 1. The van der Waals surface area contributed by atoms with E-state index in [1.807, 2.05) is 26.8 Å². The fraction of sp³-hybridized carbons (Fsp3) is 0.417. The van der Waals surface area contributed by atoms with Crippen LogP contribution in [-0.4, -0.2) is 35.5 Å². The van der Waals surface area contributed by atoms with Crippen LogP contribution in [0.25, 0.3) is 21.9 Å². The number of carboxylic acid groups (broad SMARTS) is 1. The first-order valence-electron chi connectivity index (χ1n) is 10.8. The smallest absolute Gasteiger partial charge is 0.339 e. The fourth-order valence-electron chi connectivity index (χ4n) is 3.74. The van der Waals surface area contributed by atoms with Crippen LogP contribution >= 0.6 is 0 Å². The van der Waals surface area contributed by atoms with Crippen LogP contribution in [0.15, 0.2) is 32.0 Å². The molecular weight excluding hydrogens is 428 g/mol. The third-order valence-corrected chi connectivity index (χ3v) is 6.02. The molecule has 0 spiro atoms. The van der Waals surface area contributed by atoms with Gasteiger partial charge in [-0.15, -0.1) is 0 Å². The first kappa shape index (κ1) is 24.0. The van der Waals surface area contributed by atoms with E-state index in [0.29, 0.717) is 23.2 Å². The highest BCUT2D eigenvalue weighted by atomic mass is 16.4. The second-order valence-corrected chi connectivity index (χ2v) is 8.30. The van der Waals surface area contributed by atoms with Gasteiger partial charge in [-0.2, -0.15) is 0 Å². The van der Waals surface area contributed by atoms with Crippen molar-refractivity contribution in [1.29, 1.82) is 0 Å². The minimum atomic E-state index is -1.12. The molecule has 0 aliphatic rings. The van der Waals surface area contributed by atoms with E-state index in [1.165, 1.54) is 0 Å². The van der Waals surface area contributed by atoms with Gasteiger partial charge in [0.05, 0.1) is 12.8 Å². The first-order valence-corrected chi connectivity index (χ1v) is 10.8. The van der Waals surface area contributed by atoms with Crippen molar-refractivity contribution in [3.8, 4) is 0 Å². The predicted molar refractivity (Wildman–Crippen MR) is 122 cm³/mol. The van der Waals surface area contributed by atoms with Gasteiger partial charge in [-0.1, -0.05) is 20.3 Å². The van der Waals surface area contributed by atoms with Crippen LogP contribution in [0.1, 0.15) is 43.4 Å². The summed E-state index contributed by atoms with van der Waals surface area (Å²) in [6.45, 7) is 6.95. The Bertz CT molecular complexity index is 1270. The molecule has 2 atom stereocenters. The molecule has 0 fully saturated rings. The predicted octanol–water partition coefficient (Wildman–Crippen LogP) is 2.82. The van der Waals surface area contributed by atoms with Gasteiger partial charge in [0.25, 0.3) is 0 Å². The number of carbonyl (C=O) groups excluding carboxylic acids is 2. The molecule has 33 heavy (non-hydrogen) atoms. The zero-order valence-corrected chi connectivity index (χ0v) is 19.1. The van der Waals surface area contributed by atoms with Gasteiger partial charge in [-0.3, -0.25) is 9.59 Å². The van der Waals surface area contributed by atoms with Gasteiger partial charge in [0.1, 0.15) is 17.2 Å². The maximum atomic E-state index is 12.5. The summed E-state index contributed by atoms with van der Waals surface area (Å²) in [4.78, 5) is 48.1. The molecular formula is C24H28N2O7. The van der Waals surface area contributed by atoms with E-state index in [1.54, 1.807) is 19.3 Å². The molecule has 0 saturated heterocycles. The first-order chi connectivity index (χ1) is 15.6. The van der Waals surface area contributed by atoms with Gasteiger partial charge in [0.2, 0.25) is 11.8 Å². The van der Waals surface area contributed by atoms with Gasteiger partial charge in [0, 0.05) is 28.8 Å². The summed E-state index contributed by atoms with van der Waals surface area (Å²) in [7, 11) is 0. The number of aliphatic carboxylic acids is 1.